The van der Waals surface area contributed by atoms with Crippen LogP contribution < -0.4 is 5.32 Å². The van der Waals surface area contributed by atoms with Crippen LogP contribution in [0.2, 0.25) is 0 Å². The molecule has 0 radical (unpaired) electrons. The average molecular weight is 453 g/mol. The number of amides is 2. The minimum absolute atomic E-state index is 0.429. The molecule has 0 bridgehead atoms. The zero-order chi connectivity index (χ0) is 22.2. The second-order valence-electron chi connectivity index (χ2n) is 8.38. The number of carbonyl (C=O) groups is 2. The summed E-state index contributed by atoms with van der Waals surface area (Å²) in [7, 11) is 0. The Labute approximate surface area is 187 Å². The molecule has 166 valence electrons. The summed E-state index contributed by atoms with van der Waals surface area (Å²) in [6.45, 7) is 10.2. The van der Waals surface area contributed by atoms with E-state index in [1.165, 1.54) is 0 Å². The predicted molar refractivity (Wildman–Crippen MR) is 122 cm³/mol. The second kappa shape index (κ2) is 10.8. The summed E-state index contributed by atoms with van der Waals surface area (Å²) in [6.07, 6.45) is 0.989. The van der Waals surface area contributed by atoms with E-state index >= 15 is 0 Å². The van der Waals surface area contributed by atoms with Crippen LogP contribution in [0.25, 0.3) is 0 Å². The summed E-state index contributed by atoms with van der Waals surface area (Å²) in [5, 5.41) is 6.73. The van der Waals surface area contributed by atoms with Gasteiger partial charge >= 0.3 is 12.2 Å². The molecule has 0 fully saturated rings. The van der Waals surface area contributed by atoms with E-state index < -0.39 is 23.5 Å². The monoisotopic (exact) mass is 452 g/mol. The van der Waals surface area contributed by atoms with Gasteiger partial charge in [0.2, 0.25) is 0 Å². The minimum atomic E-state index is -1.34. The first-order valence-corrected chi connectivity index (χ1v) is 11.9. The molecular weight excluding hydrogens is 420 g/mol. The van der Waals surface area contributed by atoms with Crippen molar-refractivity contribution < 1.29 is 19.1 Å². The minimum Gasteiger partial charge on any atom is -0.407 e. The molecule has 0 saturated carbocycles. The lowest BCUT2D eigenvalue weighted by molar-refractivity contribution is -0.162. The van der Waals surface area contributed by atoms with Crippen molar-refractivity contribution >= 4 is 34.9 Å². The molecule has 0 aliphatic carbocycles. The van der Waals surface area contributed by atoms with E-state index in [0.717, 1.165) is 22.6 Å². The Bertz CT molecular complexity index is 748. The lowest BCUT2D eigenvalue weighted by Gasteiger charge is -2.33. The van der Waals surface area contributed by atoms with Crippen LogP contribution in [0.3, 0.4) is 0 Å². The fourth-order valence-corrected chi connectivity index (χ4v) is 4.20. The van der Waals surface area contributed by atoms with Crippen molar-refractivity contribution in [3.8, 4) is 0 Å². The number of thiophene rings is 2. The van der Waals surface area contributed by atoms with Crippen LogP contribution in [0.5, 0.6) is 0 Å². The highest BCUT2D eigenvalue weighted by Crippen LogP contribution is 2.25. The maximum Gasteiger partial charge on any atom is 0.413 e. The lowest BCUT2D eigenvalue weighted by Crippen LogP contribution is -2.48. The summed E-state index contributed by atoms with van der Waals surface area (Å²) in [4.78, 5) is 29.3. The van der Waals surface area contributed by atoms with Crippen molar-refractivity contribution in [3.05, 3.63) is 44.8 Å². The Kier molecular flexibility index (Phi) is 8.73. The Morgan fingerprint density at radius 2 is 1.57 bits per heavy atom. The van der Waals surface area contributed by atoms with Gasteiger partial charge in [-0.2, -0.15) is 0 Å². The molecule has 2 aromatic heterocycles. The first-order chi connectivity index (χ1) is 14.1. The van der Waals surface area contributed by atoms with Crippen molar-refractivity contribution in [1.82, 2.24) is 10.2 Å². The number of carbonyl (C=O) groups excluding carboxylic acids is 2. The lowest BCUT2D eigenvalue weighted by atomic mass is 10.1. The van der Waals surface area contributed by atoms with Gasteiger partial charge in [-0.05, 0) is 50.1 Å². The van der Waals surface area contributed by atoms with Crippen molar-refractivity contribution in [2.24, 2.45) is 0 Å². The molecule has 0 aromatic carbocycles. The zero-order valence-corrected chi connectivity index (χ0v) is 20.0. The van der Waals surface area contributed by atoms with Gasteiger partial charge in [-0.1, -0.05) is 25.5 Å². The Hall–Kier alpha value is -2.06. The van der Waals surface area contributed by atoms with E-state index in [2.05, 4.69) is 5.32 Å². The molecule has 1 N–H and O–H groups in total. The number of alkyl carbamates (subject to hydrolysis) is 1. The van der Waals surface area contributed by atoms with Gasteiger partial charge in [-0.15, -0.1) is 22.7 Å². The third-order valence-corrected chi connectivity index (χ3v) is 5.91. The van der Waals surface area contributed by atoms with Crippen molar-refractivity contribution in [2.75, 3.05) is 0 Å². The number of nitrogens with one attached hydrogen (secondary N) is 1. The molecular formula is C22H32N2O4S2. The average Bonchev–Trinajstić information content (AvgIpc) is 3.31. The Morgan fingerprint density at radius 1 is 1.00 bits per heavy atom. The second-order valence-corrected chi connectivity index (χ2v) is 10.4. The molecule has 2 heterocycles. The molecule has 2 rings (SSSR count). The fourth-order valence-electron chi connectivity index (χ4n) is 2.76. The normalized spacial score (nSPS) is 13.4. The predicted octanol–water partition coefficient (Wildman–Crippen LogP) is 6.38. The molecule has 0 aliphatic heterocycles. The molecule has 1 atom stereocenters. The standard InChI is InChI=1S/C22H32N2O4S2/c1-6-7-12-22(5,27-19(25)23-21(2,3)4)28-20(26)24(15-17-10-8-13-29-17)16-18-11-9-14-30-18/h8-11,13-14H,6-7,12,15-16H2,1-5H3,(H,23,25)/t22-/m1/s1. The summed E-state index contributed by atoms with van der Waals surface area (Å²) in [5.74, 6) is -1.34. The molecule has 30 heavy (non-hydrogen) atoms. The summed E-state index contributed by atoms with van der Waals surface area (Å²) in [6, 6.07) is 7.89. The van der Waals surface area contributed by atoms with Gasteiger partial charge in [0.05, 0.1) is 13.1 Å². The summed E-state index contributed by atoms with van der Waals surface area (Å²) < 4.78 is 11.4. The number of hydrogen-bond donors (Lipinski definition) is 1. The van der Waals surface area contributed by atoms with Crippen LogP contribution in [-0.4, -0.2) is 28.4 Å². The topological polar surface area (TPSA) is 67.9 Å². The summed E-state index contributed by atoms with van der Waals surface area (Å²) in [5.41, 5.74) is -0.447. The first-order valence-electron chi connectivity index (χ1n) is 10.1. The number of unbranched alkanes of at least 4 members (excludes halogenated alkanes) is 1. The number of rotatable bonds is 9. The van der Waals surface area contributed by atoms with E-state index in [9.17, 15) is 9.59 Å². The molecule has 2 amide bonds. The first kappa shape index (κ1) is 24.2. The van der Waals surface area contributed by atoms with Crippen LogP contribution in [-0.2, 0) is 22.6 Å². The quantitative estimate of drug-likeness (QED) is 0.448. The molecule has 8 heteroatoms. The van der Waals surface area contributed by atoms with E-state index in [1.807, 2.05) is 62.7 Å². The van der Waals surface area contributed by atoms with Crippen molar-refractivity contribution in [1.29, 1.82) is 0 Å². The Morgan fingerprint density at radius 3 is 2.00 bits per heavy atom. The fraction of sp³-hybridized carbons (Fsp3) is 0.545. The van der Waals surface area contributed by atoms with E-state index in [0.29, 0.717) is 19.5 Å². The summed E-state index contributed by atoms with van der Waals surface area (Å²) >= 11 is 3.18. The highest BCUT2D eigenvalue weighted by Gasteiger charge is 2.35. The van der Waals surface area contributed by atoms with E-state index in [1.54, 1.807) is 34.5 Å². The molecule has 6 nitrogen and oxygen atoms in total. The molecule has 0 spiro atoms. The Balaban J connectivity index is 2.14. The van der Waals surface area contributed by atoms with Gasteiger partial charge in [-0.25, -0.2) is 9.59 Å². The third-order valence-electron chi connectivity index (χ3n) is 4.19. The third kappa shape index (κ3) is 8.36. The number of nitrogens with zero attached hydrogens (tertiary/aromatic N) is 1. The largest absolute Gasteiger partial charge is 0.413 e. The van der Waals surface area contributed by atoms with Crippen LogP contribution in [0.4, 0.5) is 9.59 Å². The van der Waals surface area contributed by atoms with Crippen LogP contribution in [0.1, 0.15) is 63.6 Å². The van der Waals surface area contributed by atoms with Gasteiger partial charge in [0.1, 0.15) is 0 Å². The molecule has 0 unspecified atom stereocenters. The maximum atomic E-state index is 13.1. The number of hydrogen-bond acceptors (Lipinski definition) is 6. The van der Waals surface area contributed by atoms with Gasteiger partial charge in [0, 0.05) is 28.6 Å². The zero-order valence-electron chi connectivity index (χ0n) is 18.4. The van der Waals surface area contributed by atoms with Crippen LogP contribution >= 0.6 is 22.7 Å². The van der Waals surface area contributed by atoms with Crippen LogP contribution in [0, 0.1) is 0 Å². The van der Waals surface area contributed by atoms with Gasteiger partial charge in [-0.3, -0.25) is 4.90 Å². The maximum absolute atomic E-state index is 13.1. The van der Waals surface area contributed by atoms with Gasteiger partial charge < -0.3 is 14.8 Å². The van der Waals surface area contributed by atoms with Crippen molar-refractivity contribution in [2.45, 2.75) is 78.3 Å². The van der Waals surface area contributed by atoms with Crippen LogP contribution in [0.15, 0.2) is 35.0 Å². The molecule has 0 saturated heterocycles. The number of ether oxygens (including phenoxy) is 2. The van der Waals surface area contributed by atoms with E-state index in [4.69, 9.17) is 9.47 Å². The highest BCUT2D eigenvalue weighted by molar-refractivity contribution is 7.10. The van der Waals surface area contributed by atoms with Crippen molar-refractivity contribution in [3.63, 3.8) is 0 Å². The van der Waals surface area contributed by atoms with Gasteiger partial charge in [0.15, 0.2) is 0 Å². The highest BCUT2D eigenvalue weighted by atomic mass is 32.1. The van der Waals surface area contributed by atoms with Gasteiger partial charge in [0.25, 0.3) is 5.79 Å². The smallest absolute Gasteiger partial charge is 0.407 e. The molecule has 0 aliphatic rings. The van der Waals surface area contributed by atoms with E-state index in [-0.39, 0.29) is 0 Å². The SMILES string of the molecule is CCCC[C@](C)(OC(=O)NC(C)(C)C)OC(=O)N(Cc1cccs1)Cc1cccs1. The molecule has 2 aromatic rings.